The molecule has 25 heavy (non-hydrogen) atoms. The highest BCUT2D eigenvalue weighted by molar-refractivity contribution is 5.80. The van der Waals surface area contributed by atoms with E-state index in [1.54, 1.807) is 6.20 Å². The SMILES string of the molecule is CCNC(=NCC(C)Cn1cccn1)NC1CCN(CC(F)(F)F)C1. The minimum atomic E-state index is -4.14. The van der Waals surface area contributed by atoms with Crippen LogP contribution in [0, 0.1) is 5.92 Å². The van der Waals surface area contributed by atoms with E-state index in [4.69, 9.17) is 0 Å². The first-order valence-corrected chi connectivity index (χ1v) is 8.67. The number of hydrogen-bond acceptors (Lipinski definition) is 3. The molecule has 2 unspecified atom stereocenters. The number of nitrogens with one attached hydrogen (secondary N) is 2. The normalized spacial score (nSPS) is 20.7. The molecule has 2 atom stereocenters. The Hall–Kier alpha value is -1.77. The summed E-state index contributed by atoms with van der Waals surface area (Å²) in [5.74, 6) is 0.967. The first kappa shape index (κ1) is 19.6. The van der Waals surface area contributed by atoms with Crippen molar-refractivity contribution in [3.05, 3.63) is 18.5 Å². The molecule has 0 radical (unpaired) electrons. The number of rotatable bonds is 7. The first-order chi connectivity index (χ1) is 11.9. The molecular weight excluding hydrogens is 333 g/mol. The Kier molecular flexibility index (Phi) is 7.10. The lowest BCUT2D eigenvalue weighted by molar-refractivity contribution is -0.143. The van der Waals surface area contributed by atoms with E-state index < -0.39 is 12.7 Å². The predicted molar refractivity (Wildman–Crippen MR) is 91.4 cm³/mol. The van der Waals surface area contributed by atoms with Crippen molar-refractivity contribution in [2.45, 2.75) is 39.0 Å². The van der Waals surface area contributed by atoms with Crippen molar-refractivity contribution in [2.75, 3.05) is 32.7 Å². The molecule has 1 saturated heterocycles. The molecule has 6 nitrogen and oxygen atoms in total. The van der Waals surface area contributed by atoms with E-state index in [1.807, 2.05) is 23.9 Å². The van der Waals surface area contributed by atoms with E-state index in [9.17, 15) is 13.2 Å². The minimum absolute atomic E-state index is 0.0124. The van der Waals surface area contributed by atoms with Gasteiger partial charge in [-0.25, -0.2) is 0 Å². The Morgan fingerprint density at radius 3 is 2.88 bits per heavy atom. The third kappa shape index (κ3) is 7.33. The summed E-state index contributed by atoms with van der Waals surface area (Å²) >= 11 is 0. The van der Waals surface area contributed by atoms with Crippen molar-refractivity contribution in [3.8, 4) is 0 Å². The van der Waals surface area contributed by atoms with Crippen LogP contribution in [-0.2, 0) is 6.54 Å². The van der Waals surface area contributed by atoms with Gasteiger partial charge in [-0.05, 0) is 25.3 Å². The molecule has 0 amide bonds. The average Bonchev–Trinajstić information content (AvgIpc) is 3.15. The fraction of sp³-hybridized carbons (Fsp3) is 0.750. The number of aliphatic imine (C=N–C) groups is 1. The zero-order chi connectivity index (χ0) is 18.3. The van der Waals surface area contributed by atoms with E-state index in [1.165, 1.54) is 4.90 Å². The molecular formula is C16H27F3N6. The predicted octanol–water partition coefficient (Wildman–Crippen LogP) is 1.71. The van der Waals surface area contributed by atoms with Crippen LogP contribution in [0.1, 0.15) is 20.3 Å². The largest absolute Gasteiger partial charge is 0.401 e. The average molecular weight is 360 g/mol. The lowest BCUT2D eigenvalue weighted by Gasteiger charge is -2.20. The Balaban J connectivity index is 1.81. The number of hydrogen-bond donors (Lipinski definition) is 2. The molecule has 2 N–H and O–H groups in total. The van der Waals surface area contributed by atoms with E-state index >= 15 is 0 Å². The summed E-state index contributed by atoms with van der Waals surface area (Å²) in [6.45, 7) is 6.15. The van der Waals surface area contributed by atoms with Crippen LogP contribution in [0.25, 0.3) is 0 Å². The summed E-state index contributed by atoms with van der Waals surface area (Å²) in [7, 11) is 0. The molecule has 2 rings (SSSR count). The molecule has 9 heteroatoms. The van der Waals surface area contributed by atoms with Crippen LogP contribution in [0.3, 0.4) is 0 Å². The molecule has 0 saturated carbocycles. The first-order valence-electron chi connectivity index (χ1n) is 8.67. The van der Waals surface area contributed by atoms with E-state index in [0.717, 1.165) is 6.54 Å². The number of guanidine groups is 1. The summed E-state index contributed by atoms with van der Waals surface area (Å²) < 4.78 is 39.3. The van der Waals surface area contributed by atoms with Crippen molar-refractivity contribution < 1.29 is 13.2 Å². The highest BCUT2D eigenvalue weighted by Crippen LogP contribution is 2.19. The molecule has 1 aromatic rings. The standard InChI is InChI=1S/C16H27F3N6/c1-3-20-15(21-9-13(2)10-25-7-4-6-22-25)23-14-5-8-24(11-14)12-16(17,18)19/h4,6-7,13-14H,3,5,8-12H2,1-2H3,(H2,20,21,23). The molecule has 1 aromatic heterocycles. The summed E-state index contributed by atoms with van der Waals surface area (Å²) in [5, 5.41) is 10.6. The van der Waals surface area contributed by atoms with Crippen LogP contribution in [-0.4, -0.2) is 65.6 Å². The number of aromatic nitrogens is 2. The lowest BCUT2D eigenvalue weighted by Crippen LogP contribution is -2.45. The maximum absolute atomic E-state index is 12.5. The van der Waals surface area contributed by atoms with Gasteiger partial charge < -0.3 is 10.6 Å². The van der Waals surface area contributed by atoms with Crippen molar-refractivity contribution in [1.82, 2.24) is 25.3 Å². The van der Waals surface area contributed by atoms with Crippen LogP contribution in [0.15, 0.2) is 23.5 Å². The quantitative estimate of drug-likeness (QED) is 0.574. The molecule has 1 aliphatic rings. The van der Waals surface area contributed by atoms with E-state index in [2.05, 4.69) is 27.6 Å². The van der Waals surface area contributed by atoms with E-state index in [0.29, 0.717) is 44.5 Å². The van der Waals surface area contributed by atoms with Crippen LogP contribution in [0.5, 0.6) is 0 Å². The second kappa shape index (κ2) is 9.07. The van der Waals surface area contributed by atoms with Gasteiger partial charge >= 0.3 is 6.18 Å². The lowest BCUT2D eigenvalue weighted by atomic mass is 10.2. The molecule has 2 heterocycles. The number of halogens is 3. The van der Waals surface area contributed by atoms with Gasteiger partial charge in [-0.3, -0.25) is 14.6 Å². The van der Waals surface area contributed by atoms with Gasteiger partial charge in [0, 0.05) is 51.2 Å². The van der Waals surface area contributed by atoms with E-state index in [-0.39, 0.29) is 6.04 Å². The second-order valence-corrected chi connectivity index (χ2v) is 6.53. The van der Waals surface area contributed by atoms with Gasteiger partial charge in [0.25, 0.3) is 0 Å². The van der Waals surface area contributed by atoms with Crippen molar-refractivity contribution >= 4 is 5.96 Å². The fourth-order valence-electron chi connectivity index (χ4n) is 2.89. The topological polar surface area (TPSA) is 57.5 Å². The molecule has 142 valence electrons. The van der Waals surface area contributed by atoms with Crippen LogP contribution in [0.4, 0.5) is 13.2 Å². The highest BCUT2D eigenvalue weighted by Gasteiger charge is 2.34. The maximum Gasteiger partial charge on any atom is 0.401 e. The van der Waals surface area contributed by atoms with Gasteiger partial charge in [0.1, 0.15) is 0 Å². The van der Waals surface area contributed by atoms with Gasteiger partial charge in [0.2, 0.25) is 0 Å². The number of likely N-dealkylation sites (tertiary alicyclic amines) is 1. The smallest absolute Gasteiger partial charge is 0.357 e. The molecule has 1 fully saturated rings. The zero-order valence-corrected chi connectivity index (χ0v) is 14.8. The molecule has 0 bridgehead atoms. The zero-order valence-electron chi connectivity index (χ0n) is 14.8. The van der Waals surface area contributed by atoms with Gasteiger partial charge in [-0.1, -0.05) is 6.92 Å². The van der Waals surface area contributed by atoms with Gasteiger partial charge in [-0.15, -0.1) is 0 Å². The van der Waals surface area contributed by atoms with Crippen molar-refractivity contribution in [3.63, 3.8) is 0 Å². The summed E-state index contributed by atoms with van der Waals surface area (Å²) in [5.41, 5.74) is 0. The second-order valence-electron chi connectivity index (χ2n) is 6.53. The maximum atomic E-state index is 12.5. The highest BCUT2D eigenvalue weighted by atomic mass is 19.4. The number of alkyl halides is 3. The minimum Gasteiger partial charge on any atom is -0.357 e. The fourth-order valence-corrected chi connectivity index (χ4v) is 2.89. The summed E-state index contributed by atoms with van der Waals surface area (Å²) in [6.07, 6.45) is 0.199. The monoisotopic (exact) mass is 360 g/mol. The molecule has 1 aliphatic heterocycles. The van der Waals surface area contributed by atoms with Gasteiger partial charge in [-0.2, -0.15) is 18.3 Å². The Labute approximate surface area is 146 Å². The van der Waals surface area contributed by atoms with Crippen molar-refractivity contribution in [2.24, 2.45) is 10.9 Å². The number of nitrogens with zero attached hydrogens (tertiary/aromatic N) is 4. The third-order valence-corrected chi connectivity index (χ3v) is 3.98. The Bertz CT molecular complexity index is 528. The summed E-state index contributed by atoms with van der Waals surface area (Å²) in [6, 6.07) is 1.87. The van der Waals surface area contributed by atoms with Crippen LogP contribution >= 0.6 is 0 Å². The van der Waals surface area contributed by atoms with Crippen LogP contribution in [0.2, 0.25) is 0 Å². The van der Waals surface area contributed by atoms with Gasteiger partial charge in [0.15, 0.2) is 5.96 Å². The van der Waals surface area contributed by atoms with Gasteiger partial charge in [0.05, 0.1) is 6.54 Å². The van der Waals surface area contributed by atoms with Crippen LogP contribution < -0.4 is 10.6 Å². The molecule has 0 spiro atoms. The van der Waals surface area contributed by atoms with Crippen molar-refractivity contribution in [1.29, 1.82) is 0 Å². The molecule has 0 aromatic carbocycles. The third-order valence-electron chi connectivity index (χ3n) is 3.98. The molecule has 0 aliphatic carbocycles. The Morgan fingerprint density at radius 2 is 2.24 bits per heavy atom. The Morgan fingerprint density at radius 1 is 1.44 bits per heavy atom. The summed E-state index contributed by atoms with van der Waals surface area (Å²) in [4.78, 5) is 6.00.